The van der Waals surface area contributed by atoms with E-state index < -0.39 is 0 Å². The first-order chi connectivity index (χ1) is 16.7. The molecule has 166 valence electrons. The van der Waals surface area contributed by atoms with Crippen molar-refractivity contribution in [2.45, 2.75) is 6.42 Å². The minimum Gasteiger partial charge on any atom is -0.457 e. The maximum Gasteiger partial charge on any atom is 0.228 e. The van der Waals surface area contributed by atoms with Crippen LogP contribution in [0.25, 0.3) is 23.1 Å². The molecule has 0 aliphatic rings. The molecule has 2 aromatic heterocycles. The molecule has 0 aliphatic heterocycles. The van der Waals surface area contributed by atoms with Crippen LogP contribution in [0.3, 0.4) is 0 Å². The third kappa shape index (κ3) is 5.19. The van der Waals surface area contributed by atoms with E-state index in [1.165, 1.54) is 0 Å². The SMILES string of the molecule is O=C(Cc1cccnc1)Nc1cccc(Oc2ccc3c(/C=C/c4ccccc4)n[nH]c3c2)c1. The number of anilines is 1. The molecular weight excluding hydrogens is 424 g/mol. The molecule has 3 aromatic carbocycles. The average Bonchev–Trinajstić information content (AvgIpc) is 3.26. The zero-order valence-corrected chi connectivity index (χ0v) is 18.3. The predicted molar refractivity (Wildman–Crippen MR) is 135 cm³/mol. The van der Waals surface area contributed by atoms with E-state index in [1.807, 2.05) is 91.0 Å². The monoisotopic (exact) mass is 446 g/mol. The minimum absolute atomic E-state index is 0.111. The summed E-state index contributed by atoms with van der Waals surface area (Å²) in [4.78, 5) is 16.4. The fourth-order valence-electron chi connectivity index (χ4n) is 3.62. The van der Waals surface area contributed by atoms with E-state index in [0.29, 0.717) is 17.2 Å². The Hall–Kier alpha value is -4.71. The van der Waals surface area contributed by atoms with Crippen LogP contribution in [0.2, 0.25) is 0 Å². The normalized spacial score (nSPS) is 11.1. The number of benzene rings is 3. The van der Waals surface area contributed by atoms with Crippen LogP contribution in [-0.2, 0) is 11.2 Å². The second-order valence-corrected chi connectivity index (χ2v) is 7.78. The van der Waals surface area contributed by atoms with Gasteiger partial charge < -0.3 is 10.1 Å². The van der Waals surface area contributed by atoms with Gasteiger partial charge in [-0.15, -0.1) is 0 Å². The standard InChI is InChI=1S/C28H22N4O2/c33-28(16-21-8-5-15-29-19-21)30-22-9-4-10-23(17-22)34-24-12-13-25-26(31-32-27(25)18-24)14-11-20-6-2-1-3-7-20/h1-15,17-19H,16H2,(H,30,33)(H,31,32)/b14-11+. The summed E-state index contributed by atoms with van der Waals surface area (Å²) < 4.78 is 6.04. The zero-order valence-electron chi connectivity index (χ0n) is 18.3. The van der Waals surface area contributed by atoms with Crippen LogP contribution >= 0.6 is 0 Å². The third-order valence-corrected chi connectivity index (χ3v) is 5.24. The van der Waals surface area contributed by atoms with E-state index in [0.717, 1.165) is 27.7 Å². The quantitative estimate of drug-likeness (QED) is 0.316. The van der Waals surface area contributed by atoms with Gasteiger partial charge in [0.15, 0.2) is 0 Å². The number of carbonyl (C=O) groups excluding carboxylic acids is 1. The van der Waals surface area contributed by atoms with Gasteiger partial charge in [-0.1, -0.05) is 48.5 Å². The lowest BCUT2D eigenvalue weighted by Gasteiger charge is -2.09. The summed E-state index contributed by atoms with van der Waals surface area (Å²) in [5.74, 6) is 1.19. The number of H-pyrrole nitrogens is 1. The lowest BCUT2D eigenvalue weighted by Crippen LogP contribution is -2.14. The Morgan fingerprint density at radius 3 is 2.65 bits per heavy atom. The van der Waals surface area contributed by atoms with E-state index >= 15 is 0 Å². The van der Waals surface area contributed by atoms with E-state index in [4.69, 9.17) is 4.74 Å². The number of hydrogen-bond acceptors (Lipinski definition) is 4. The van der Waals surface area contributed by atoms with Crippen molar-refractivity contribution in [3.8, 4) is 11.5 Å². The van der Waals surface area contributed by atoms with Gasteiger partial charge >= 0.3 is 0 Å². The average molecular weight is 447 g/mol. The Bertz CT molecular complexity index is 1440. The molecule has 2 heterocycles. The Morgan fingerprint density at radius 1 is 0.912 bits per heavy atom. The fraction of sp³-hybridized carbons (Fsp3) is 0.0357. The van der Waals surface area contributed by atoms with Crippen molar-refractivity contribution < 1.29 is 9.53 Å². The van der Waals surface area contributed by atoms with Crippen molar-refractivity contribution >= 4 is 34.6 Å². The summed E-state index contributed by atoms with van der Waals surface area (Å²) in [7, 11) is 0. The molecule has 0 atom stereocenters. The summed E-state index contributed by atoms with van der Waals surface area (Å²) in [6.07, 6.45) is 7.66. The molecule has 6 heteroatoms. The number of fused-ring (bicyclic) bond motifs is 1. The lowest BCUT2D eigenvalue weighted by molar-refractivity contribution is -0.115. The van der Waals surface area contributed by atoms with Crippen molar-refractivity contribution in [1.29, 1.82) is 0 Å². The molecule has 2 N–H and O–H groups in total. The Balaban J connectivity index is 1.27. The molecule has 0 radical (unpaired) electrons. The summed E-state index contributed by atoms with van der Waals surface area (Å²) in [5.41, 5.74) is 4.39. The second-order valence-electron chi connectivity index (χ2n) is 7.78. The topological polar surface area (TPSA) is 79.9 Å². The molecule has 1 amide bonds. The lowest BCUT2D eigenvalue weighted by atomic mass is 10.1. The van der Waals surface area contributed by atoms with Crippen molar-refractivity contribution in [2.24, 2.45) is 0 Å². The molecule has 0 bridgehead atoms. The minimum atomic E-state index is -0.111. The molecule has 6 nitrogen and oxygen atoms in total. The van der Waals surface area contributed by atoms with Crippen molar-refractivity contribution in [3.05, 3.63) is 114 Å². The highest BCUT2D eigenvalue weighted by Gasteiger charge is 2.08. The summed E-state index contributed by atoms with van der Waals surface area (Å²) in [5, 5.41) is 11.4. The van der Waals surface area contributed by atoms with Gasteiger partial charge in [0.05, 0.1) is 17.6 Å². The van der Waals surface area contributed by atoms with Gasteiger partial charge in [0, 0.05) is 35.6 Å². The van der Waals surface area contributed by atoms with E-state index in [9.17, 15) is 4.79 Å². The van der Waals surface area contributed by atoms with Crippen molar-refractivity contribution in [1.82, 2.24) is 15.2 Å². The van der Waals surface area contributed by atoms with Gasteiger partial charge in [-0.2, -0.15) is 5.10 Å². The number of rotatable bonds is 7. The molecule has 0 saturated carbocycles. The van der Waals surface area contributed by atoms with Gasteiger partial charge in [-0.3, -0.25) is 14.9 Å². The number of amides is 1. The van der Waals surface area contributed by atoms with E-state index in [-0.39, 0.29) is 12.3 Å². The third-order valence-electron chi connectivity index (χ3n) is 5.24. The highest BCUT2D eigenvalue weighted by molar-refractivity contribution is 5.92. The van der Waals surface area contributed by atoms with Crippen LogP contribution in [0.5, 0.6) is 11.5 Å². The first kappa shape index (κ1) is 21.2. The second kappa shape index (κ2) is 9.83. The summed E-state index contributed by atoms with van der Waals surface area (Å²) >= 11 is 0. The molecule has 0 fully saturated rings. The zero-order chi connectivity index (χ0) is 23.2. The van der Waals surface area contributed by atoms with Crippen LogP contribution in [0.15, 0.2) is 97.3 Å². The van der Waals surface area contributed by atoms with Crippen LogP contribution in [0, 0.1) is 0 Å². The molecule has 5 aromatic rings. The van der Waals surface area contributed by atoms with Gasteiger partial charge in [0.25, 0.3) is 0 Å². The summed E-state index contributed by atoms with van der Waals surface area (Å²) in [6.45, 7) is 0. The van der Waals surface area contributed by atoms with Gasteiger partial charge in [0.2, 0.25) is 5.91 Å². The van der Waals surface area contributed by atoms with Crippen LogP contribution in [-0.4, -0.2) is 21.1 Å². The predicted octanol–water partition coefficient (Wildman–Crippen LogP) is 6.10. The molecule has 34 heavy (non-hydrogen) atoms. The van der Waals surface area contributed by atoms with Crippen LogP contribution in [0.4, 0.5) is 5.69 Å². The van der Waals surface area contributed by atoms with E-state index in [2.05, 4.69) is 20.5 Å². The molecule has 0 spiro atoms. The number of carbonyl (C=O) groups is 1. The highest BCUT2D eigenvalue weighted by Crippen LogP contribution is 2.28. The number of nitrogens with one attached hydrogen (secondary N) is 2. The molecule has 5 rings (SSSR count). The molecule has 0 unspecified atom stereocenters. The number of nitrogens with zero attached hydrogens (tertiary/aromatic N) is 2. The number of aromatic nitrogens is 3. The Labute approximate surface area is 196 Å². The molecule has 0 saturated heterocycles. The largest absolute Gasteiger partial charge is 0.457 e. The van der Waals surface area contributed by atoms with Gasteiger partial charge in [-0.05, 0) is 47.5 Å². The number of ether oxygens (including phenoxy) is 1. The van der Waals surface area contributed by atoms with E-state index in [1.54, 1.807) is 18.5 Å². The summed E-state index contributed by atoms with van der Waals surface area (Å²) in [6, 6.07) is 26.9. The Kier molecular flexibility index (Phi) is 6.12. The van der Waals surface area contributed by atoms with Gasteiger partial charge in [-0.25, -0.2) is 0 Å². The fourth-order valence-corrected chi connectivity index (χ4v) is 3.62. The van der Waals surface area contributed by atoms with Crippen molar-refractivity contribution in [3.63, 3.8) is 0 Å². The highest BCUT2D eigenvalue weighted by atomic mass is 16.5. The maximum atomic E-state index is 12.3. The number of aromatic amines is 1. The smallest absolute Gasteiger partial charge is 0.228 e. The maximum absolute atomic E-state index is 12.3. The van der Waals surface area contributed by atoms with Crippen LogP contribution in [0.1, 0.15) is 16.8 Å². The number of hydrogen-bond donors (Lipinski definition) is 2. The Morgan fingerprint density at radius 2 is 1.79 bits per heavy atom. The molecular formula is C28H22N4O2. The first-order valence-electron chi connectivity index (χ1n) is 10.9. The van der Waals surface area contributed by atoms with Crippen molar-refractivity contribution in [2.75, 3.05) is 5.32 Å². The van der Waals surface area contributed by atoms with Gasteiger partial charge in [0.1, 0.15) is 11.5 Å². The number of pyridine rings is 1. The molecule has 0 aliphatic carbocycles. The van der Waals surface area contributed by atoms with Crippen LogP contribution < -0.4 is 10.1 Å². The first-order valence-corrected chi connectivity index (χ1v) is 10.9.